The summed E-state index contributed by atoms with van der Waals surface area (Å²) < 4.78 is 17.1. The molecule has 0 saturated carbocycles. The molecule has 7 heteroatoms. The van der Waals surface area contributed by atoms with Gasteiger partial charge in [-0.1, -0.05) is 42.5 Å². The summed E-state index contributed by atoms with van der Waals surface area (Å²) in [5.41, 5.74) is 2.85. The molecule has 1 aliphatic heterocycles. The minimum atomic E-state index is -2.05. The predicted octanol–water partition coefficient (Wildman–Crippen LogP) is 5.77. The lowest BCUT2D eigenvalue weighted by Crippen LogP contribution is -2.42. The van der Waals surface area contributed by atoms with Gasteiger partial charge in [0.1, 0.15) is 16.9 Å². The van der Waals surface area contributed by atoms with Crippen LogP contribution in [0.3, 0.4) is 0 Å². The summed E-state index contributed by atoms with van der Waals surface area (Å²) in [7, 11) is -2.05. The van der Waals surface area contributed by atoms with Crippen molar-refractivity contribution in [3.05, 3.63) is 89.5 Å². The van der Waals surface area contributed by atoms with Crippen molar-refractivity contribution in [2.45, 2.75) is 38.9 Å². The van der Waals surface area contributed by atoms with Crippen LogP contribution < -0.4 is 9.47 Å². The topological polar surface area (TPSA) is 74.2 Å². The van der Waals surface area contributed by atoms with Crippen molar-refractivity contribution < 1.29 is 23.5 Å². The monoisotopic (exact) mass is 473 g/mol. The molecule has 1 heterocycles. The number of carbonyl (C=O) groups excluding carboxylic acids is 2. The Bertz CT molecular complexity index is 1200. The minimum absolute atomic E-state index is 0.376. The molecule has 174 valence electrons. The normalized spacial score (nSPS) is 14.1. The zero-order chi connectivity index (χ0) is 24.5. The Morgan fingerprint density at radius 1 is 0.735 bits per heavy atom. The zero-order valence-electron chi connectivity index (χ0n) is 19.9. The van der Waals surface area contributed by atoms with Crippen molar-refractivity contribution >= 4 is 31.8 Å². The van der Waals surface area contributed by atoms with E-state index in [1.807, 2.05) is 42.5 Å². The van der Waals surface area contributed by atoms with Crippen molar-refractivity contribution in [1.82, 2.24) is 0 Å². The molecule has 3 aromatic carbocycles. The Morgan fingerprint density at radius 3 is 1.65 bits per heavy atom. The fourth-order valence-corrected chi connectivity index (χ4v) is 4.97. The molecule has 0 N–H and O–H groups in total. The predicted molar refractivity (Wildman–Crippen MR) is 133 cm³/mol. The third-order valence-electron chi connectivity index (χ3n) is 5.35. The summed E-state index contributed by atoms with van der Waals surface area (Å²) in [6.45, 7) is 9.12. The molecule has 0 aliphatic carbocycles. The number of para-hydroxylation sites is 1. The lowest BCUT2D eigenvalue weighted by atomic mass is 9.70. The molecule has 0 fully saturated rings. The Hall–Kier alpha value is -3.71. The first-order valence-corrected chi connectivity index (χ1v) is 14.5. The first kappa shape index (κ1) is 23.4. The van der Waals surface area contributed by atoms with Crippen molar-refractivity contribution in [3.8, 4) is 11.5 Å². The molecule has 0 atom stereocenters. The van der Waals surface area contributed by atoms with Crippen LogP contribution in [-0.4, -0.2) is 26.2 Å². The van der Waals surface area contributed by atoms with E-state index >= 15 is 0 Å². The van der Waals surface area contributed by atoms with E-state index in [-0.39, 0.29) is 11.9 Å². The van der Waals surface area contributed by atoms with Crippen LogP contribution in [0.5, 0.6) is 11.5 Å². The first-order valence-electron chi connectivity index (χ1n) is 11.1. The first-order chi connectivity index (χ1) is 16.1. The third-order valence-corrected chi connectivity index (χ3v) is 6.16. The number of hydrogen-bond donors (Lipinski definition) is 0. The lowest BCUT2D eigenvalue weighted by molar-refractivity contribution is -0.132. The maximum atomic E-state index is 11.4. The number of aliphatic imine (C=N–C) groups is 1. The van der Waals surface area contributed by atoms with Crippen molar-refractivity contribution in [3.63, 3.8) is 0 Å². The van der Waals surface area contributed by atoms with E-state index in [0.717, 1.165) is 22.4 Å². The molecular formula is C27H27NO5Si. The maximum absolute atomic E-state index is 11.4. The molecule has 0 radical (unpaired) electrons. The summed E-state index contributed by atoms with van der Waals surface area (Å²) in [5, 5.41) is 0. The number of benzene rings is 3. The summed E-state index contributed by atoms with van der Waals surface area (Å²) in [5.74, 6) is 0.784. The van der Waals surface area contributed by atoms with Crippen LogP contribution >= 0.6 is 0 Å². The molecule has 6 nitrogen and oxygen atoms in total. The molecule has 0 aromatic heterocycles. The van der Waals surface area contributed by atoms with Crippen molar-refractivity contribution in [2.24, 2.45) is 4.99 Å². The Kier molecular flexibility index (Phi) is 6.14. The molecule has 0 spiro atoms. The minimum Gasteiger partial charge on any atom is -0.533 e. The van der Waals surface area contributed by atoms with Gasteiger partial charge in [0.25, 0.3) is 0 Å². The summed E-state index contributed by atoms with van der Waals surface area (Å²) in [6.07, 6.45) is 0. The lowest BCUT2D eigenvalue weighted by Gasteiger charge is -2.36. The number of hydrogen-bond acceptors (Lipinski definition) is 6. The average molecular weight is 474 g/mol. The highest BCUT2D eigenvalue weighted by atomic mass is 28.4. The molecule has 1 aliphatic rings. The van der Waals surface area contributed by atoms with Gasteiger partial charge in [-0.15, -0.1) is 0 Å². The largest absolute Gasteiger partial charge is 0.533 e. The van der Waals surface area contributed by atoms with Gasteiger partial charge in [-0.25, -0.2) is 4.99 Å². The second-order valence-corrected chi connectivity index (χ2v) is 13.6. The highest BCUT2D eigenvalue weighted by Crippen LogP contribution is 2.50. The number of ether oxygens (including phenoxy) is 2. The van der Waals surface area contributed by atoms with Crippen molar-refractivity contribution in [1.29, 1.82) is 0 Å². The van der Waals surface area contributed by atoms with Crippen LogP contribution in [0.1, 0.15) is 30.5 Å². The van der Waals surface area contributed by atoms with Crippen molar-refractivity contribution in [2.75, 3.05) is 0 Å². The molecule has 0 amide bonds. The van der Waals surface area contributed by atoms with Crippen LogP contribution in [0.4, 0.5) is 5.69 Å². The quantitative estimate of drug-likeness (QED) is 0.267. The Morgan fingerprint density at radius 2 is 1.21 bits per heavy atom. The van der Waals surface area contributed by atoms with Crippen LogP contribution in [-0.2, 0) is 19.4 Å². The third kappa shape index (κ3) is 4.52. The molecule has 34 heavy (non-hydrogen) atoms. The molecule has 0 saturated heterocycles. The van der Waals surface area contributed by atoms with E-state index in [1.54, 1.807) is 24.3 Å². The smallest absolute Gasteiger partial charge is 0.308 e. The van der Waals surface area contributed by atoms with Gasteiger partial charge in [-0.05, 0) is 61.1 Å². The van der Waals surface area contributed by atoms with Crippen LogP contribution in [0.25, 0.3) is 0 Å². The van der Waals surface area contributed by atoms with E-state index in [0.29, 0.717) is 17.4 Å². The molecule has 0 bridgehead atoms. The number of fused-ring (bicyclic) bond motifs is 1. The van der Waals surface area contributed by atoms with Gasteiger partial charge in [0.2, 0.25) is 8.32 Å². The molecule has 0 unspecified atom stereocenters. The second kappa shape index (κ2) is 8.91. The maximum Gasteiger partial charge on any atom is 0.308 e. The van der Waals surface area contributed by atoms with Gasteiger partial charge in [-0.3, -0.25) is 9.59 Å². The number of rotatable bonds is 5. The summed E-state index contributed by atoms with van der Waals surface area (Å²) in [6, 6.07) is 22.8. The average Bonchev–Trinajstić information content (AvgIpc) is 3.07. The Labute approximate surface area is 200 Å². The summed E-state index contributed by atoms with van der Waals surface area (Å²) in [4.78, 5) is 27.8. The van der Waals surface area contributed by atoms with Crippen LogP contribution in [0.15, 0.2) is 77.8 Å². The fraction of sp³-hybridized carbons (Fsp3) is 0.222. The van der Waals surface area contributed by atoms with Crippen LogP contribution in [0, 0.1) is 0 Å². The van der Waals surface area contributed by atoms with Gasteiger partial charge >= 0.3 is 11.9 Å². The standard InChI is InChI=1S/C27H27NO5Si/c1-18(29)31-22-14-10-20(11-15-22)27(21-12-16-23(17-13-21)32-19(2)30)24-8-6-7-9-25(24)28-26(27)33-34(3,4)5/h6-17H,1-5H3. The highest BCUT2D eigenvalue weighted by molar-refractivity contribution is 6.71. The molecular weight excluding hydrogens is 446 g/mol. The van der Waals surface area contributed by atoms with E-state index in [4.69, 9.17) is 18.9 Å². The van der Waals surface area contributed by atoms with Gasteiger partial charge in [0.05, 0.1) is 5.69 Å². The number of nitrogens with zero attached hydrogens (tertiary/aromatic N) is 1. The molecule has 3 aromatic rings. The fourth-order valence-electron chi connectivity index (χ4n) is 4.19. The Balaban J connectivity index is 1.95. The van der Waals surface area contributed by atoms with Gasteiger partial charge in [0, 0.05) is 19.4 Å². The van der Waals surface area contributed by atoms with E-state index in [1.165, 1.54) is 13.8 Å². The van der Waals surface area contributed by atoms with E-state index < -0.39 is 13.7 Å². The zero-order valence-corrected chi connectivity index (χ0v) is 20.9. The summed E-state index contributed by atoms with van der Waals surface area (Å²) >= 11 is 0. The van der Waals surface area contributed by atoms with E-state index in [2.05, 4.69) is 25.7 Å². The van der Waals surface area contributed by atoms with E-state index in [9.17, 15) is 9.59 Å². The number of carbonyl (C=O) groups is 2. The SMILES string of the molecule is CC(=O)Oc1ccc(C2(c3ccc(OC(C)=O)cc3)C(O[Si](C)(C)C)=Nc3ccccc32)cc1. The van der Waals surface area contributed by atoms with Gasteiger partial charge < -0.3 is 13.9 Å². The highest BCUT2D eigenvalue weighted by Gasteiger charge is 2.49. The van der Waals surface area contributed by atoms with Crippen LogP contribution in [0.2, 0.25) is 19.6 Å². The van der Waals surface area contributed by atoms with Gasteiger partial charge in [-0.2, -0.15) is 0 Å². The molecule has 4 rings (SSSR count). The second-order valence-electron chi connectivity index (χ2n) is 9.13. The number of esters is 2. The van der Waals surface area contributed by atoms with Gasteiger partial charge in [0.15, 0.2) is 5.90 Å².